The van der Waals surface area contributed by atoms with Crippen molar-refractivity contribution in [3.05, 3.63) is 0 Å². The molecule has 0 spiro atoms. The van der Waals surface area contributed by atoms with E-state index in [1.54, 1.807) is 0 Å². The van der Waals surface area contributed by atoms with Crippen LogP contribution in [0.4, 0.5) is 0 Å². The molecule has 0 aliphatic rings. The third-order valence-corrected chi connectivity index (χ3v) is 5.21. The molecule has 0 rings (SSSR count). The summed E-state index contributed by atoms with van der Waals surface area (Å²) in [6.07, 6.45) is 1.75. The van der Waals surface area contributed by atoms with Gasteiger partial charge < -0.3 is 0 Å². The van der Waals surface area contributed by atoms with E-state index in [-0.39, 0.29) is 0 Å². The minimum atomic E-state index is -3.34. The first-order valence-electron chi connectivity index (χ1n) is 3.82. The zero-order valence-electron chi connectivity index (χ0n) is 7.28. The molecule has 0 aromatic heterocycles. The lowest BCUT2D eigenvalue weighted by Crippen LogP contribution is -1.96. The Bertz CT molecular complexity index is 188. The van der Waals surface area contributed by atoms with Crippen molar-refractivity contribution in [1.82, 2.24) is 0 Å². The van der Waals surface area contributed by atoms with Gasteiger partial charge in [-0.25, -0.2) is 0 Å². The van der Waals surface area contributed by atoms with Crippen LogP contribution in [0.15, 0.2) is 0 Å². The molecule has 0 atom stereocenters. The Labute approximate surface area is 82.4 Å². The SMILES string of the molecule is CCCSOS(=O)(=O)SCCC. The van der Waals surface area contributed by atoms with Gasteiger partial charge in [-0.15, -0.1) is 0 Å². The standard InChI is InChI=1S/C6H14O3S3/c1-3-5-10-9-12(7,8)11-6-4-2/h3-6H2,1-2H3. The molecule has 0 amide bonds. The van der Waals surface area contributed by atoms with Crippen molar-refractivity contribution in [2.75, 3.05) is 11.5 Å². The summed E-state index contributed by atoms with van der Waals surface area (Å²) in [6.45, 7) is 3.91. The van der Waals surface area contributed by atoms with Gasteiger partial charge in [-0.05, 0) is 23.6 Å². The molecule has 0 N–H and O–H groups in total. The van der Waals surface area contributed by atoms with Gasteiger partial charge in [-0.3, -0.25) is 0 Å². The summed E-state index contributed by atoms with van der Waals surface area (Å²) in [4.78, 5) is 0. The first kappa shape index (κ1) is 12.6. The second-order valence-corrected chi connectivity index (χ2v) is 6.70. The van der Waals surface area contributed by atoms with Crippen LogP contribution in [0.2, 0.25) is 0 Å². The van der Waals surface area contributed by atoms with Crippen molar-refractivity contribution >= 4 is 32.0 Å². The molecular weight excluding hydrogens is 216 g/mol. The molecule has 0 aromatic rings. The second kappa shape index (κ2) is 7.06. The Morgan fingerprint density at radius 1 is 1.17 bits per heavy atom. The molecule has 6 heteroatoms. The van der Waals surface area contributed by atoms with Gasteiger partial charge in [0, 0.05) is 23.5 Å². The van der Waals surface area contributed by atoms with Gasteiger partial charge in [0.05, 0.1) is 0 Å². The van der Waals surface area contributed by atoms with Crippen molar-refractivity contribution in [2.45, 2.75) is 26.7 Å². The maximum Gasteiger partial charge on any atom is 0.332 e. The average molecular weight is 230 g/mol. The van der Waals surface area contributed by atoms with Crippen LogP contribution in [0.5, 0.6) is 0 Å². The minimum absolute atomic E-state index is 0.592. The molecule has 0 bridgehead atoms. The van der Waals surface area contributed by atoms with Gasteiger partial charge >= 0.3 is 9.15 Å². The zero-order valence-corrected chi connectivity index (χ0v) is 9.73. The molecule has 0 heterocycles. The van der Waals surface area contributed by atoms with Crippen LogP contribution in [0.25, 0.3) is 0 Å². The third-order valence-electron chi connectivity index (χ3n) is 0.851. The lowest BCUT2D eigenvalue weighted by Gasteiger charge is -2.00. The van der Waals surface area contributed by atoms with Gasteiger partial charge in [0.2, 0.25) is 0 Å². The van der Waals surface area contributed by atoms with E-state index in [4.69, 9.17) is 0 Å². The quantitative estimate of drug-likeness (QED) is 0.382. The van der Waals surface area contributed by atoms with Crippen molar-refractivity contribution in [3.8, 4) is 0 Å². The van der Waals surface area contributed by atoms with E-state index in [1.807, 2.05) is 13.8 Å². The largest absolute Gasteiger partial charge is 0.332 e. The van der Waals surface area contributed by atoms with Gasteiger partial charge in [0.25, 0.3) is 0 Å². The lowest BCUT2D eigenvalue weighted by molar-refractivity contribution is 0.537. The average Bonchev–Trinajstić information content (AvgIpc) is 2.01. The molecule has 0 radical (unpaired) electrons. The number of hydrogen-bond acceptors (Lipinski definition) is 5. The molecule has 0 saturated carbocycles. The van der Waals surface area contributed by atoms with E-state index in [1.165, 1.54) is 0 Å². The Balaban J connectivity index is 3.58. The van der Waals surface area contributed by atoms with Crippen molar-refractivity contribution in [2.24, 2.45) is 0 Å². The van der Waals surface area contributed by atoms with Crippen LogP contribution in [0.3, 0.4) is 0 Å². The summed E-state index contributed by atoms with van der Waals surface area (Å²) in [7, 11) is -2.48. The van der Waals surface area contributed by atoms with Crippen LogP contribution in [-0.2, 0) is 12.8 Å². The first-order valence-corrected chi connectivity index (χ1v) is 7.65. The van der Waals surface area contributed by atoms with Crippen LogP contribution < -0.4 is 0 Å². The van der Waals surface area contributed by atoms with Gasteiger partial charge in [-0.2, -0.15) is 12.0 Å². The number of rotatable bonds is 7. The molecule has 0 aliphatic carbocycles. The summed E-state index contributed by atoms with van der Waals surface area (Å²) >= 11 is 1.00. The molecule has 0 aliphatic heterocycles. The van der Waals surface area contributed by atoms with E-state index in [2.05, 4.69) is 3.63 Å². The molecule has 0 aromatic carbocycles. The Kier molecular flexibility index (Phi) is 7.41. The maximum atomic E-state index is 11.0. The fourth-order valence-electron chi connectivity index (χ4n) is 0.381. The van der Waals surface area contributed by atoms with E-state index >= 15 is 0 Å². The summed E-state index contributed by atoms with van der Waals surface area (Å²) < 4.78 is 26.6. The monoisotopic (exact) mass is 230 g/mol. The third kappa shape index (κ3) is 7.27. The van der Waals surface area contributed by atoms with Gasteiger partial charge in [0.1, 0.15) is 0 Å². The predicted octanol–water partition coefficient (Wildman–Crippen LogP) is 2.45. The maximum absolute atomic E-state index is 11.0. The van der Waals surface area contributed by atoms with E-state index in [0.717, 1.165) is 35.7 Å². The second-order valence-electron chi connectivity index (χ2n) is 2.12. The highest BCUT2D eigenvalue weighted by Crippen LogP contribution is 2.21. The summed E-state index contributed by atoms with van der Waals surface area (Å²) in [5.74, 6) is 1.31. The van der Waals surface area contributed by atoms with E-state index in [9.17, 15) is 8.42 Å². The minimum Gasteiger partial charge on any atom is -0.190 e. The molecule has 12 heavy (non-hydrogen) atoms. The van der Waals surface area contributed by atoms with Crippen molar-refractivity contribution in [1.29, 1.82) is 0 Å². The van der Waals surface area contributed by atoms with Gasteiger partial charge in [-0.1, -0.05) is 13.8 Å². The highest BCUT2D eigenvalue weighted by atomic mass is 33.2. The van der Waals surface area contributed by atoms with Crippen LogP contribution in [0, 0.1) is 0 Å². The van der Waals surface area contributed by atoms with Gasteiger partial charge in [0.15, 0.2) is 0 Å². The molecule has 3 nitrogen and oxygen atoms in total. The van der Waals surface area contributed by atoms with Crippen molar-refractivity contribution in [3.63, 3.8) is 0 Å². The zero-order chi connectivity index (χ0) is 9.45. The molecular formula is C6H14O3S3. The lowest BCUT2D eigenvalue weighted by atomic mass is 10.6. The van der Waals surface area contributed by atoms with Crippen LogP contribution in [0.1, 0.15) is 26.7 Å². The van der Waals surface area contributed by atoms with E-state index < -0.39 is 9.15 Å². The molecule has 0 unspecified atom stereocenters. The van der Waals surface area contributed by atoms with E-state index in [0.29, 0.717) is 11.5 Å². The van der Waals surface area contributed by atoms with Crippen LogP contribution in [-0.4, -0.2) is 19.9 Å². The number of hydrogen-bond donors (Lipinski definition) is 0. The summed E-state index contributed by atoms with van der Waals surface area (Å²) in [6, 6.07) is 0. The predicted molar refractivity (Wildman–Crippen MR) is 55.5 cm³/mol. The Hall–Kier alpha value is 0.610. The highest BCUT2D eigenvalue weighted by Gasteiger charge is 2.11. The normalized spacial score (nSPS) is 11.8. The Morgan fingerprint density at radius 2 is 1.75 bits per heavy atom. The molecule has 0 fully saturated rings. The fraction of sp³-hybridized carbons (Fsp3) is 1.00. The van der Waals surface area contributed by atoms with Crippen LogP contribution >= 0.6 is 22.8 Å². The summed E-state index contributed by atoms with van der Waals surface area (Å²) in [5.41, 5.74) is 0. The highest BCUT2D eigenvalue weighted by molar-refractivity contribution is 8.71. The fourth-order valence-corrected chi connectivity index (χ4v) is 3.64. The topological polar surface area (TPSA) is 43.4 Å². The first-order chi connectivity index (χ1) is 5.62. The van der Waals surface area contributed by atoms with Crippen molar-refractivity contribution < 1.29 is 12.0 Å². The Morgan fingerprint density at radius 3 is 2.25 bits per heavy atom. The molecule has 0 saturated heterocycles. The smallest absolute Gasteiger partial charge is 0.190 e. The summed E-state index contributed by atoms with van der Waals surface area (Å²) in [5, 5.41) is 0. The molecule has 74 valence electrons.